The van der Waals surface area contributed by atoms with Crippen LogP contribution in [0.5, 0.6) is 0 Å². The van der Waals surface area contributed by atoms with Crippen molar-refractivity contribution in [1.82, 2.24) is 4.98 Å². The number of hydrogen-bond acceptors (Lipinski definition) is 1. The van der Waals surface area contributed by atoms with Gasteiger partial charge in [0.05, 0.1) is 11.2 Å². The van der Waals surface area contributed by atoms with Crippen LogP contribution in [-0.2, 0) is 0 Å². The Bertz CT molecular complexity index is 1230. The predicted octanol–water partition coefficient (Wildman–Crippen LogP) is 7.24. The zero-order chi connectivity index (χ0) is 18.8. The quantitative estimate of drug-likeness (QED) is 0.332. The Kier molecular flexibility index (Phi) is 4.19. The smallest absolute Gasteiger partial charge is 0.0788 e. The van der Waals surface area contributed by atoms with Crippen LogP contribution in [0.3, 0.4) is 0 Å². The van der Waals surface area contributed by atoms with Gasteiger partial charge in [0.1, 0.15) is 0 Å². The van der Waals surface area contributed by atoms with Gasteiger partial charge in [0.2, 0.25) is 0 Å². The van der Waals surface area contributed by atoms with Crippen LogP contribution >= 0.6 is 0 Å². The van der Waals surface area contributed by atoms with Crippen LogP contribution < -0.4 is 0 Å². The van der Waals surface area contributed by atoms with Gasteiger partial charge in [-0.25, -0.2) is 4.98 Å². The molecule has 1 heteroatoms. The van der Waals surface area contributed by atoms with E-state index in [9.17, 15) is 0 Å². The zero-order valence-electron chi connectivity index (χ0n) is 15.4. The first-order chi connectivity index (χ1) is 13.9. The molecule has 0 aliphatic rings. The maximum Gasteiger partial charge on any atom is 0.0788 e. The van der Waals surface area contributed by atoms with E-state index < -0.39 is 0 Å². The molecule has 4 aromatic carbocycles. The first kappa shape index (κ1) is 16.5. The maximum atomic E-state index is 5.11. The molecule has 0 amide bonds. The topological polar surface area (TPSA) is 12.9 Å². The summed E-state index contributed by atoms with van der Waals surface area (Å²) in [7, 11) is 0. The van der Waals surface area contributed by atoms with Gasteiger partial charge < -0.3 is 0 Å². The SMILES string of the molecule is c1ccc(-c2cc3c(-c4ccccc4)cccc3nc2-c2ccccc2)cc1. The summed E-state index contributed by atoms with van der Waals surface area (Å²) in [6, 6.07) is 40.1. The molecule has 1 nitrogen and oxygen atoms in total. The molecule has 0 radical (unpaired) electrons. The number of benzene rings is 4. The van der Waals surface area contributed by atoms with Gasteiger partial charge in [-0.05, 0) is 28.8 Å². The summed E-state index contributed by atoms with van der Waals surface area (Å²) in [5.41, 5.74) is 7.92. The van der Waals surface area contributed by atoms with E-state index in [0.717, 1.165) is 22.3 Å². The van der Waals surface area contributed by atoms with E-state index in [1.165, 1.54) is 22.1 Å². The number of rotatable bonds is 3. The summed E-state index contributed by atoms with van der Waals surface area (Å²) in [4.78, 5) is 5.11. The van der Waals surface area contributed by atoms with E-state index in [4.69, 9.17) is 4.98 Å². The van der Waals surface area contributed by atoms with Crippen LogP contribution in [0.1, 0.15) is 0 Å². The average molecular weight is 357 g/mol. The Labute approximate surface area is 165 Å². The van der Waals surface area contributed by atoms with Gasteiger partial charge in [-0.15, -0.1) is 0 Å². The predicted molar refractivity (Wildman–Crippen MR) is 118 cm³/mol. The Morgan fingerprint density at radius 1 is 0.429 bits per heavy atom. The molecule has 132 valence electrons. The van der Waals surface area contributed by atoms with Gasteiger partial charge in [0, 0.05) is 16.5 Å². The molecule has 0 saturated carbocycles. The lowest BCUT2D eigenvalue weighted by molar-refractivity contribution is 1.39. The van der Waals surface area contributed by atoms with Gasteiger partial charge in [-0.3, -0.25) is 0 Å². The number of hydrogen-bond donors (Lipinski definition) is 0. The fraction of sp³-hybridized carbons (Fsp3) is 0. The number of pyridine rings is 1. The highest BCUT2D eigenvalue weighted by atomic mass is 14.7. The Hall–Kier alpha value is -3.71. The van der Waals surface area contributed by atoms with E-state index >= 15 is 0 Å². The van der Waals surface area contributed by atoms with E-state index in [1.807, 2.05) is 6.07 Å². The molecule has 5 aromatic rings. The van der Waals surface area contributed by atoms with Gasteiger partial charge in [-0.1, -0.05) is 103 Å². The van der Waals surface area contributed by atoms with Crippen molar-refractivity contribution in [3.8, 4) is 33.5 Å². The maximum absolute atomic E-state index is 5.11. The van der Waals surface area contributed by atoms with Crippen molar-refractivity contribution < 1.29 is 0 Å². The van der Waals surface area contributed by atoms with Crippen molar-refractivity contribution >= 4 is 10.9 Å². The third-order valence-corrected chi connectivity index (χ3v) is 5.08. The van der Waals surface area contributed by atoms with E-state index in [0.29, 0.717) is 0 Å². The lowest BCUT2D eigenvalue weighted by Gasteiger charge is -2.14. The molecule has 5 rings (SSSR count). The first-order valence-corrected chi connectivity index (χ1v) is 9.50. The molecular formula is C27H19N. The molecule has 0 fully saturated rings. The highest BCUT2D eigenvalue weighted by molar-refractivity contribution is 6.00. The second-order valence-electron chi connectivity index (χ2n) is 6.85. The Balaban J connectivity index is 1.83. The van der Waals surface area contributed by atoms with Gasteiger partial charge in [0.25, 0.3) is 0 Å². The van der Waals surface area contributed by atoms with Crippen molar-refractivity contribution in [2.24, 2.45) is 0 Å². The molecule has 0 saturated heterocycles. The van der Waals surface area contributed by atoms with E-state index in [2.05, 4.69) is 109 Å². The summed E-state index contributed by atoms with van der Waals surface area (Å²) < 4.78 is 0. The van der Waals surface area contributed by atoms with Crippen molar-refractivity contribution in [1.29, 1.82) is 0 Å². The van der Waals surface area contributed by atoms with Crippen molar-refractivity contribution in [2.75, 3.05) is 0 Å². The molecule has 0 bridgehead atoms. The summed E-state index contributed by atoms with van der Waals surface area (Å²) in [6.45, 7) is 0. The molecule has 1 heterocycles. The van der Waals surface area contributed by atoms with E-state index in [1.54, 1.807) is 0 Å². The Morgan fingerprint density at radius 2 is 0.964 bits per heavy atom. The highest BCUT2D eigenvalue weighted by Crippen LogP contribution is 2.36. The standard InChI is InChI=1S/C27H19N/c1-4-11-20(12-5-1)23-17-10-18-26-25(23)19-24(21-13-6-2-7-14-21)27(28-26)22-15-8-3-9-16-22/h1-19H. The van der Waals surface area contributed by atoms with Crippen molar-refractivity contribution in [3.05, 3.63) is 115 Å². The first-order valence-electron chi connectivity index (χ1n) is 9.50. The van der Waals surface area contributed by atoms with Crippen molar-refractivity contribution in [3.63, 3.8) is 0 Å². The third kappa shape index (κ3) is 2.97. The number of fused-ring (bicyclic) bond motifs is 1. The fourth-order valence-electron chi connectivity index (χ4n) is 3.72. The molecule has 0 aliphatic carbocycles. The van der Waals surface area contributed by atoms with Crippen LogP contribution in [0, 0.1) is 0 Å². The fourth-order valence-corrected chi connectivity index (χ4v) is 3.72. The molecule has 0 unspecified atom stereocenters. The van der Waals surface area contributed by atoms with Gasteiger partial charge >= 0.3 is 0 Å². The zero-order valence-corrected chi connectivity index (χ0v) is 15.4. The molecular weight excluding hydrogens is 338 g/mol. The molecule has 28 heavy (non-hydrogen) atoms. The van der Waals surface area contributed by atoms with Crippen LogP contribution in [-0.4, -0.2) is 4.98 Å². The lowest BCUT2D eigenvalue weighted by atomic mass is 9.94. The average Bonchev–Trinajstić information content (AvgIpc) is 2.79. The van der Waals surface area contributed by atoms with E-state index in [-0.39, 0.29) is 0 Å². The number of aromatic nitrogens is 1. The summed E-state index contributed by atoms with van der Waals surface area (Å²) >= 11 is 0. The van der Waals surface area contributed by atoms with Crippen molar-refractivity contribution in [2.45, 2.75) is 0 Å². The van der Waals surface area contributed by atoms with Crippen LogP contribution in [0.4, 0.5) is 0 Å². The van der Waals surface area contributed by atoms with Gasteiger partial charge in [0.15, 0.2) is 0 Å². The van der Waals surface area contributed by atoms with Crippen LogP contribution in [0.15, 0.2) is 115 Å². The molecule has 1 aromatic heterocycles. The third-order valence-electron chi connectivity index (χ3n) is 5.08. The van der Waals surface area contributed by atoms with Crippen LogP contribution in [0.25, 0.3) is 44.4 Å². The molecule has 0 N–H and O–H groups in total. The van der Waals surface area contributed by atoms with Gasteiger partial charge in [-0.2, -0.15) is 0 Å². The van der Waals surface area contributed by atoms with Crippen LogP contribution in [0.2, 0.25) is 0 Å². The summed E-state index contributed by atoms with van der Waals surface area (Å²) in [5.74, 6) is 0. The largest absolute Gasteiger partial charge is 0.247 e. The minimum absolute atomic E-state index is 1.01. The minimum Gasteiger partial charge on any atom is -0.247 e. The molecule has 0 atom stereocenters. The number of nitrogens with zero attached hydrogens (tertiary/aromatic N) is 1. The minimum atomic E-state index is 1.01. The Morgan fingerprint density at radius 3 is 1.57 bits per heavy atom. The highest BCUT2D eigenvalue weighted by Gasteiger charge is 2.13. The normalized spacial score (nSPS) is 10.9. The molecule has 0 aliphatic heterocycles. The monoisotopic (exact) mass is 357 g/mol. The summed E-state index contributed by atoms with van der Waals surface area (Å²) in [5, 5.41) is 1.17. The second kappa shape index (κ2) is 7.13. The second-order valence-corrected chi connectivity index (χ2v) is 6.85. The lowest BCUT2D eigenvalue weighted by Crippen LogP contribution is -1.93. The molecule has 0 spiro atoms. The summed E-state index contributed by atoms with van der Waals surface area (Å²) in [6.07, 6.45) is 0.